The minimum absolute atomic E-state index is 0.284. The molecule has 5 heteroatoms. The summed E-state index contributed by atoms with van der Waals surface area (Å²) >= 11 is 0. The SMILES string of the molecule is CCOC1CCN(c2cc(F)cc(/C=C/C(=O)O)c2)CC1. The Kier molecular flexibility index (Phi) is 5.33. The molecule has 0 atom stereocenters. The summed E-state index contributed by atoms with van der Waals surface area (Å²) in [7, 11) is 0. The van der Waals surface area contributed by atoms with Gasteiger partial charge in [-0.3, -0.25) is 0 Å². The smallest absolute Gasteiger partial charge is 0.328 e. The first kappa shape index (κ1) is 15.5. The van der Waals surface area contributed by atoms with Crippen LogP contribution < -0.4 is 4.90 Å². The molecule has 0 aliphatic carbocycles. The Morgan fingerprint density at radius 3 is 2.76 bits per heavy atom. The van der Waals surface area contributed by atoms with E-state index in [1.54, 1.807) is 0 Å². The zero-order valence-corrected chi connectivity index (χ0v) is 12.1. The van der Waals surface area contributed by atoms with E-state index in [1.165, 1.54) is 18.2 Å². The second-order valence-electron chi connectivity index (χ2n) is 5.06. The lowest BCUT2D eigenvalue weighted by atomic mass is 10.1. The van der Waals surface area contributed by atoms with Crippen LogP contribution in [0.25, 0.3) is 6.08 Å². The van der Waals surface area contributed by atoms with Crippen molar-refractivity contribution in [1.29, 1.82) is 0 Å². The molecule has 0 unspecified atom stereocenters. The summed E-state index contributed by atoms with van der Waals surface area (Å²) in [6.07, 6.45) is 4.54. The van der Waals surface area contributed by atoms with Crippen LogP contribution in [0.5, 0.6) is 0 Å². The van der Waals surface area contributed by atoms with E-state index in [2.05, 4.69) is 4.90 Å². The molecule has 4 nitrogen and oxygen atoms in total. The number of nitrogens with zero attached hydrogens (tertiary/aromatic N) is 1. The molecule has 1 fully saturated rings. The summed E-state index contributed by atoms with van der Waals surface area (Å²) in [5, 5.41) is 8.64. The van der Waals surface area contributed by atoms with Gasteiger partial charge in [0, 0.05) is 31.5 Å². The van der Waals surface area contributed by atoms with E-state index in [1.807, 2.05) is 13.0 Å². The van der Waals surface area contributed by atoms with Crippen molar-refractivity contribution in [2.75, 3.05) is 24.6 Å². The first-order valence-electron chi connectivity index (χ1n) is 7.16. The molecule has 1 N–H and O–H groups in total. The van der Waals surface area contributed by atoms with Crippen LogP contribution >= 0.6 is 0 Å². The molecule has 0 saturated carbocycles. The number of anilines is 1. The lowest BCUT2D eigenvalue weighted by molar-refractivity contribution is -0.131. The molecule has 1 aliphatic heterocycles. The number of benzene rings is 1. The Balaban J connectivity index is 2.08. The van der Waals surface area contributed by atoms with Gasteiger partial charge in [0.2, 0.25) is 0 Å². The maximum absolute atomic E-state index is 13.7. The fourth-order valence-corrected chi connectivity index (χ4v) is 2.56. The van der Waals surface area contributed by atoms with Crippen molar-refractivity contribution in [1.82, 2.24) is 0 Å². The van der Waals surface area contributed by atoms with Crippen molar-refractivity contribution in [3.05, 3.63) is 35.7 Å². The molecule has 21 heavy (non-hydrogen) atoms. The van der Waals surface area contributed by atoms with Gasteiger partial charge < -0.3 is 14.7 Å². The van der Waals surface area contributed by atoms with Crippen LogP contribution in [-0.4, -0.2) is 36.9 Å². The highest BCUT2D eigenvalue weighted by molar-refractivity contribution is 5.85. The number of aliphatic carboxylic acids is 1. The van der Waals surface area contributed by atoms with E-state index in [-0.39, 0.29) is 11.9 Å². The van der Waals surface area contributed by atoms with E-state index in [9.17, 15) is 9.18 Å². The summed E-state index contributed by atoms with van der Waals surface area (Å²) in [5.41, 5.74) is 1.34. The van der Waals surface area contributed by atoms with Crippen LogP contribution in [0.15, 0.2) is 24.3 Å². The van der Waals surface area contributed by atoms with E-state index in [0.29, 0.717) is 5.56 Å². The van der Waals surface area contributed by atoms with Gasteiger partial charge in [0.1, 0.15) is 5.82 Å². The molecule has 0 spiro atoms. The summed E-state index contributed by atoms with van der Waals surface area (Å²) in [5.74, 6) is -1.40. The van der Waals surface area contributed by atoms with Gasteiger partial charge in [0.25, 0.3) is 0 Å². The Morgan fingerprint density at radius 2 is 2.14 bits per heavy atom. The molecule has 1 heterocycles. The van der Waals surface area contributed by atoms with E-state index < -0.39 is 5.97 Å². The van der Waals surface area contributed by atoms with Gasteiger partial charge in [-0.05, 0) is 49.6 Å². The standard InChI is InChI=1S/C16H20FNO3/c1-2-21-15-5-7-18(8-6-15)14-10-12(3-4-16(19)20)9-13(17)11-14/h3-4,9-11,15H,2,5-8H2,1H3,(H,19,20)/b4-3+. The number of rotatable bonds is 5. The van der Waals surface area contributed by atoms with Crippen molar-refractivity contribution in [3.63, 3.8) is 0 Å². The van der Waals surface area contributed by atoms with Gasteiger partial charge in [0.15, 0.2) is 0 Å². The number of ether oxygens (including phenoxy) is 1. The summed E-state index contributed by atoms with van der Waals surface area (Å²) < 4.78 is 19.3. The average Bonchev–Trinajstić information content (AvgIpc) is 2.46. The first-order valence-corrected chi connectivity index (χ1v) is 7.16. The second-order valence-corrected chi connectivity index (χ2v) is 5.06. The van der Waals surface area contributed by atoms with Gasteiger partial charge >= 0.3 is 5.97 Å². The highest BCUT2D eigenvalue weighted by Gasteiger charge is 2.20. The van der Waals surface area contributed by atoms with Crippen molar-refractivity contribution in [2.24, 2.45) is 0 Å². The predicted molar refractivity (Wildman–Crippen MR) is 79.9 cm³/mol. The quantitative estimate of drug-likeness (QED) is 0.848. The second kappa shape index (κ2) is 7.22. The molecule has 1 aromatic carbocycles. The molecule has 1 aliphatic rings. The van der Waals surface area contributed by atoms with Gasteiger partial charge in [-0.15, -0.1) is 0 Å². The van der Waals surface area contributed by atoms with Crippen LogP contribution in [0.2, 0.25) is 0 Å². The predicted octanol–water partition coefficient (Wildman–Crippen LogP) is 2.93. The lowest BCUT2D eigenvalue weighted by Crippen LogP contribution is -2.37. The molecular formula is C16H20FNO3. The topological polar surface area (TPSA) is 49.8 Å². The Hall–Kier alpha value is -1.88. The Morgan fingerprint density at radius 1 is 1.43 bits per heavy atom. The number of piperidine rings is 1. The van der Waals surface area contributed by atoms with Crippen molar-refractivity contribution in [3.8, 4) is 0 Å². The Labute approximate surface area is 123 Å². The lowest BCUT2D eigenvalue weighted by Gasteiger charge is -2.33. The number of halogens is 1. The summed E-state index contributed by atoms with van der Waals surface area (Å²) in [4.78, 5) is 12.6. The largest absolute Gasteiger partial charge is 0.478 e. The van der Waals surface area contributed by atoms with Crippen molar-refractivity contribution >= 4 is 17.7 Å². The first-order chi connectivity index (χ1) is 10.1. The van der Waals surface area contributed by atoms with Crippen LogP contribution in [0.1, 0.15) is 25.3 Å². The highest BCUT2D eigenvalue weighted by atomic mass is 19.1. The van der Waals surface area contributed by atoms with E-state index in [0.717, 1.165) is 44.3 Å². The normalized spacial score (nSPS) is 16.6. The minimum atomic E-state index is -1.04. The number of carboxylic acid groups (broad SMARTS) is 1. The summed E-state index contributed by atoms with van der Waals surface area (Å²) in [6.45, 7) is 4.33. The molecule has 1 aromatic rings. The molecular weight excluding hydrogens is 273 g/mol. The van der Waals surface area contributed by atoms with Crippen LogP contribution in [0, 0.1) is 5.82 Å². The van der Waals surface area contributed by atoms with E-state index >= 15 is 0 Å². The summed E-state index contributed by atoms with van der Waals surface area (Å²) in [6, 6.07) is 4.62. The molecule has 0 bridgehead atoms. The fourth-order valence-electron chi connectivity index (χ4n) is 2.56. The number of hydrogen-bond acceptors (Lipinski definition) is 3. The van der Waals surface area contributed by atoms with E-state index in [4.69, 9.17) is 9.84 Å². The maximum atomic E-state index is 13.7. The average molecular weight is 293 g/mol. The Bertz CT molecular complexity index is 522. The number of hydrogen-bond donors (Lipinski definition) is 1. The van der Waals surface area contributed by atoms with Gasteiger partial charge in [-0.1, -0.05) is 0 Å². The third-order valence-electron chi connectivity index (χ3n) is 3.53. The number of carboxylic acids is 1. The minimum Gasteiger partial charge on any atom is -0.478 e. The maximum Gasteiger partial charge on any atom is 0.328 e. The van der Waals surface area contributed by atoms with Crippen molar-refractivity contribution < 1.29 is 19.0 Å². The zero-order valence-electron chi connectivity index (χ0n) is 12.1. The van der Waals surface area contributed by atoms with Gasteiger partial charge in [-0.2, -0.15) is 0 Å². The molecule has 114 valence electrons. The third kappa shape index (κ3) is 4.56. The van der Waals surface area contributed by atoms with Crippen LogP contribution in [0.4, 0.5) is 10.1 Å². The van der Waals surface area contributed by atoms with Crippen molar-refractivity contribution in [2.45, 2.75) is 25.9 Å². The van der Waals surface area contributed by atoms with Crippen LogP contribution in [0.3, 0.4) is 0 Å². The van der Waals surface area contributed by atoms with Crippen LogP contribution in [-0.2, 0) is 9.53 Å². The zero-order chi connectivity index (χ0) is 15.2. The molecule has 1 saturated heterocycles. The fraction of sp³-hybridized carbons (Fsp3) is 0.438. The third-order valence-corrected chi connectivity index (χ3v) is 3.53. The highest BCUT2D eigenvalue weighted by Crippen LogP contribution is 2.24. The number of carbonyl (C=O) groups is 1. The van der Waals surface area contributed by atoms with Gasteiger partial charge in [0.05, 0.1) is 6.10 Å². The molecule has 0 radical (unpaired) electrons. The molecule has 0 amide bonds. The van der Waals surface area contributed by atoms with Gasteiger partial charge in [-0.25, -0.2) is 9.18 Å². The molecule has 0 aromatic heterocycles. The monoisotopic (exact) mass is 293 g/mol. The molecule has 2 rings (SSSR count).